The van der Waals surface area contributed by atoms with Crippen molar-refractivity contribution in [2.75, 3.05) is 24.3 Å². The van der Waals surface area contributed by atoms with Crippen LogP contribution in [0.3, 0.4) is 0 Å². The number of nitrogens with zero attached hydrogens (tertiary/aromatic N) is 3. The average molecular weight is 459 g/mol. The lowest BCUT2D eigenvalue weighted by atomic mass is 10.1. The molecule has 3 rings (SSSR count). The second-order valence-corrected chi connectivity index (χ2v) is 7.67. The van der Waals surface area contributed by atoms with Gasteiger partial charge in [0.05, 0.1) is 22.9 Å². The fraction of sp³-hybridized carbons (Fsp3) is 0.261. The fourth-order valence-corrected chi connectivity index (χ4v) is 3.49. The number of hydrogen-bond acceptors (Lipinski definition) is 3. The van der Waals surface area contributed by atoms with E-state index in [1.165, 1.54) is 4.90 Å². The normalized spacial score (nSPS) is 10.7. The van der Waals surface area contributed by atoms with Crippen LogP contribution in [0.1, 0.15) is 19.8 Å². The zero-order chi connectivity index (χ0) is 22.2. The van der Waals surface area contributed by atoms with Gasteiger partial charge in [-0.15, -0.1) is 11.6 Å². The van der Waals surface area contributed by atoms with Crippen molar-refractivity contribution in [2.45, 2.75) is 19.8 Å². The lowest BCUT2D eigenvalue weighted by Crippen LogP contribution is -2.39. The molecule has 0 aliphatic heterocycles. The number of unbranched alkanes of at least 4 members (excludes halogenated alkanes) is 1. The number of amides is 2. The maximum absolute atomic E-state index is 12.8. The first kappa shape index (κ1) is 22.8. The summed E-state index contributed by atoms with van der Waals surface area (Å²) in [5, 5.41) is 8.04. The van der Waals surface area contributed by atoms with E-state index in [0.717, 1.165) is 18.4 Å². The number of halogens is 2. The van der Waals surface area contributed by atoms with Crippen LogP contribution in [-0.4, -0.2) is 45.5 Å². The molecule has 2 aromatic carbocycles. The first-order valence-electron chi connectivity index (χ1n) is 10.1. The van der Waals surface area contributed by atoms with Gasteiger partial charge in [-0.2, -0.15) is 5.10 Å². The van der Waals surface area contributed by atoms with Gasteiger partial charge in [-0.1, -0.05) is 67.4 Å². The van der Waals surface area contributed by atoms with Gasteiger partial charge < -0.3 is 10.2 Å². The maximum Gasteiger partial charge on any atom is 0.245 e. The number of nitrogens with one attached hydrogen (secondary N) is 1. The Hall–Kier alpha value is -2.83. The van der Waals surface area contributed by atoms with Gasteiger partial charge in [0.1, 0.15) is 11.7 Å². The Morgan fingerprint density at radius 1 is 1.10 bits per heavy atom. The van der Waals surface area contributed by atoms with Crippen molar-refractivity contribution in [3.05, 3.63) is 65.7 Å². The monoisotopic (exact) mass is 458 g/mol. The molecule has 0 fully saturated rings. The summed E-state index contributed by atoms with van der Waals surface area (Å²) in [5.74, 6) is -0.296. The van der Waals surface area contributed by atoms with Gasteiger partial charge in [-0.05, 0) is 18.6 Å². The Kier molecular flexibility index (Phi) is 8.09. The smallest absolute Gasteiger partial charge is 0.245 e. The summed E-state index contributed by atoms with van der Waals surface area (Å²) in [7, 11) is 0. The lowest BCUT2D eigenvalue weighted by molar-refractivity contribution is -0.132. The number of para-hydroxylation sites is 1. The summed E-state index contributed by atoms with van der Waals surface area (Å²) in [6.45, 7) is 2.42. The molecule has 3 aromatic rings. The van der Waals surface area contributed by atoms with Gasteiger partial charge in [-0.3, -0.25) is 9.59 Å². The molecule has 0 atom stereocenters. The van der Waals surface area contributed by atoms with E-state index in [-0.39, 0.29) is 24.2 Å². The zero-order valence-electron chi connectivity index (χ0n) is 17.2. The minimum absolute atomic E-state index is 0.0834. The highest BCUT2D eigenvalue weighted by Crippen LogP contribution is 2.28. The second kappa shape index (κ2) is 11.0. The molecular formula is C23H24Cl2N4O2. The molecule has 0 spiro atoms. The number of carbonyl (C=O) groups excluding carboxylic acids is 2. The SMILES string of the molecule is CCCCN(CC(=O)Nc1cc(-c2ccccc2)nn1-c1ccccc1Cl)C(=O)CCl. The average Bonchev–Trinajstić information content (AvgIpc) is 3.20. The van der Waals surface area contributed by atoms with Gasteiger partial charge in [0, 0.05) is 18.2 Å². The molecule has 0 saturated carbocycles. The molecule has 0 radical (unpaired) electrons. The maximum atomic E-state index is 12.8. The number of benzene rings is 2. The van der Waals surface area contributed by atoms with Crippen molar-refractivity contribution in [1.82, 2.24) is 14.7 Å². The highest BCUT2D eigenvalue weighted by molar-refractivity contribution is 6.32. The minimum atomic E-state index is -0.331. The van der Waals surface area contributed by atoms with Gasteiger partial charge in [0.25, 0.3) is 0 Å². The molecule has 1 N–H and O–H groups in total. The van der Waals surface area contributed by atoms with Crippen LogP contribution in [0.5, 0.6) is 0 Å². The van der Waals surface area contributed by atoms with Crippen molar-refractivity contribution < 1.29 is 9.59 Å². The third kappa shape index (κ3) is 5.87. The largest absolute Gasteiger partial charge is 0.332 e. The van der Waals surface area contributed by atoms with Crippen molar-refractivity contribution in [1.29, 1.82) is 0 Å². The van der Waals surface area contributed by atoms with Crippen molar-refractivity contribution >= 4 is 40.8 Å². The van der Waals surface area contributed by atoms with Crippen LogP contribution in [0.2, 0.25) is 5.02 Å². The molecule has 6 nitrogen and oxygen atoms in total. The molecule has 0 unspecified atom stereocenters. The zero-order valence-corrected chi connectivity index (χ0v) is 18.7. The Morgan fingerprint density at radius 2 is 1.81 bits per heavy atom. The summed E-state index contributed by atoms with van der Waals surface area (Å²) in [6.07, 6.45) is 1.71. The van der Waals surface area contributed by atoms with Crippen LogP contribution in [0, 0.1) is 0 Å². The molecule has 2 amide bonds. The molecule has 0 bridgehead atoms. The van der Waals surface area contributed by atoms with E-state index in [2.05, 4.69) is 10.4 Å². The topological polar surface area (TPSA) is 67.2 Å². The second-order valence-electron chi connectivity index (χ2n) is 6.99. The van der Waals surface area contributed by atoms with Gasteiger partial charge in [-0.25, -0.2) is 4.68 Å². The van der Waals surface area contributed by atoms with Crippen LogP contribution in [-0.2, 0) is 9.59 Å². The third-order valence-corrected chi connectivity index (χ3v) is 5.26. The van der Waals surface area contributed by atoms with E-state index in [1.54, 1.807) is 16.8 Å². The summed E-state index contributed by atoms with van der Waals surface area (Å²) in [4.78, 5) is 26.4. The molecule has 162 valence electrons. The van der Waals surface area contributed by atoms with E-state index in [4.69, 9.17) is 23.2 Å². The summed E-state index contributed by atoms with van der Waals surface area (Å²) in [5.41, 5.74) is 2.24. The van der Waals surface area contributed by atoms with E-state index >= 15 is 0 Å². The highest BCUT2D eigenvalue weighted by Gasteiger charge is 2.19. The van der Waals surface area contributed by atoms with Crippen LogP contribution in [0.15, 0.2) is 60.7 Å². The van der Waals surface area contributed by atoms with Crippen LogP contribution in [0.25, 0.3) is 16.9 Å². The molecule has 1 aromatic heterocycles. The predicted octanol–water partition coefficient (Wildman–Crippen LogP) is 5.00. The van der Waals surface area contributed by atoms with E-state index in [9.17, 15) is 9.59 Å². The Balaban J connectivity index is 1.90. The number of aromatic nitrogens is 2. The molecule has 0 saturated heterocycles. The quantitative estimate of drug-likeness (QED) is 0.458. The number of rotatable bonds is 9. The number of carbonyl (C=O) groups is 2. The molecular weight excluding hydrogens is 435 g/mol. The molecule has 0 aliphatic rings. The van der Waals surface area contributed by atoms with E-state index < -0.39 is 0 Å². The third-order valence-electron chi connectivity index (χ3n) is 4.71. The standard InChI is InChI=1S/C23H24Cl2N4O2/c1-2-3-13-28(23(31)15-24)16-22(30)26-21-14-19(17-9-5-4-6-10-17)27-29(21)20-12-8-7-11-18(20)25/h4-12,14H,2-3,13,15-16H2,1H3,(H,26,30). The van der Waals surface area contributed by atoms with Crippen molar-refractivity contribution in [2.24, 2.45) is 0 Å². The summed E-state index contributed by atoms with van der Waals surface area (Å²) in [6, 6.07) is 18.7. The van der Waals surface area contributed by atoms with Crippen LogP contribution < -0.4 is 5.32 Å². The number of alkyl halides is 1. The van der Waals surface area contributed by atoms with Gasteiger partial charge in [0.2, 0.25) is 11.8 Å². The first-order chi connectivity index (χ1) is 15.0. The minimum Gasteiger partial charge on any atom is -0.332 e. The molecule has 8 heteroatoms. The van der Waals surface area contributed by atoms with E-state index in [0.29, 0.717) is 28.8 Å². The highest BCUT2D eigenvalue weighted by atomic mass is 35.5. The summed E-state index contributed by atoms with van der Waals surface area (Å²) >= 11 is 12.1. The number of anilines is 1. The Morgan fingerprint density at radius 3 is 2.48 bits per heavy atom. The number of hydrogen-bond donors (Lipinski definition) is 1. The lowest BCUT2D eigenvalue weighted by Gasteiger charge is -2.21. The first-order valence-corrected chi connectivity index (χ1v) is 11.0. The summed E-state index contributed by atoms with van der Waals surface area (Å²) < 4.78 is 1.60. The molecule has 0 aliphatic carbocycles. The molecule has 1 heterocycles. The Bertz CT molecular complexity index is 1040. The van der Waals surface area contributed by atoms with Crippen LogP contribution >= 0.6 is 23.2 Å². The predicted molar refractivity (Wildman–Crippen MR) is 125 cm³/mol. The van der Waals surface area contributed by atoms with Crippen molar-refractivity contribution in [3.8, 4) is 16.9 Å². The van der Waals surface area contributed by atoms with Gasteiger partial charge >= 0.3 is 0 Å². The molecule has 31 heavy (non-hydrogen) atoms. The van der Waals surface area contributed by atoms with Crippen molar-refractivity contribution in [3.63, 3.8) is 0 Å². The van der Waals surface area contributed by atoms with E-state index in [1.807, 2.05) is 55.5 Å². The van der Waals surface area contributed by atoms with Crippen LogP contribution in [0.4, 0.5) is 5.82 Å². The van der Waals surface area contributed by atoms with Gasteiger partial charge in [0.15, 0.2) is 0 Å². The fourth-order valence-electron chi connectivity index (χ4n) is 3.11. The Labute approximate surface area is 191 Å².